The van der Waals surface area contributed by atoms with Crippen molar-refractivity contribution in [2.45, 2.75) is 11.5 Å². The van der Waals surface area contributed by atoms with Gasteiger partial charge in [-0.3, -0.25) is 0 Å². The van der Waals surface area contributed by atoms with Crippen LogP contribution < -0.4 is 10.1 Å². The number of ether oxygens (including phenoxy) is 1. The Bertz CT molecular complexity index is 3310. The molecule has 1 N–H and O–H groups in total. The molecule has 12 rings (SSSR count). The second-order valence-electron chi connectivity index (χ2n) is 16.1. The first-order valence-corrected chi connectivity index (χ1v) is 21.0. The molecule has 0 radical (unpaired) electrons. The first kappa shape index (κ1) is 35.7. The van der Waals surface area contributed by atoms with Crippen molar-refractivity contribution in [1.82, 2.24) is 5.32 Å². The van der Waals surface area contributed by atoms with Crippen molar-refractivity contribution < 1.29 is 4.74 Å². The van der Waals surface area contributed by atoms with Gasteiger partial charge < -0.3 is 10.1 Å². The maximum Gasteiger partial charge on any atom is 0.134 e. The molecular formula is C58H37N3O. The molecule has 0 saturated heterocycles. The number of rotatable bonds is 5. The first-order valence-electron chi connectivity index (χ1n) is 21.0. The van der Waals surface area contributed by atoms with Crippen LogP contribution in [0.4, 0.5) is 0 Å². The Morgan fingerprint density at radius 3 is 1.81 bits per heavy atom. The summed E-state index contributed by atoms with van der Waals surface area (Å²) in [7, 11) is 0. The summed E-state index contributed by atoms with van der Waals surface area (Å²) in [6.07, 6.45) is 2.23. The number of nitrogens with one attached hydrogen (secondary N) is 1. The van der Waals surface area contributed by atoms with Crippen molar-refractivity contribution in [3.63, 3.8) is 0 Å². The standard InChI is InChI=1S/C58H37N3O/c59-36-37-26-28-38(29-27-37)42-32-33-45(44-19-8-7-18-43(42)44)46-20-13-23-50-56(46)47-31-30-41(34-51(47)58(50)48-21-9-11-24-54(48)62-55-25-12-10-22-49(55)58)57-60-52(39-14-3-1-4-15-39)35-53(61-57)40-16-5-2-6-17-40/h1-35,52H,(H,60,61). The van der Waals surface area contributed by atoms with E-state index in [2.05, 4.69) is 193 Å². The van der Waals surface area contributed by atoms with E-state index in [0.29, 0.717) is 5.56 Å². The lowest BCUT2D eigenvalue weighted by Gasteiger charge is -2.39. The van der Waals surface area contributed by atoms with Crippen LogP contribution in [0.15, 0.2) is 217 Å². The van der Waals surface area contributed by atoms with Crippen LogP contribution in [0, 0.1) is 11.3 Å². The average Bonchev–Trinajstić information content (AvgIpc) is 3.64. The lowest BCUT2D eigenvalue weighted by atomic mass is 9.66. The minimum atomic E-state index is -0.688. The van der Waals surface area contributed by atoms with Crippen molar-refractivity contribution in [2.24, 2.45) is 4.99 Å². The van der Waals surface area contributed by atoms with Crippen LogP contribution in [0.3, 0.4) is 0 Å². The summed E-state index contributed by atoms with van der Waals surface area (Å²) in [5.41, 5.74) is 15.7. The molecule has 290 valence electrons. The van der Waals surface area contributed by atoms with Crippen molar-refractivity contribution >= 4 is 22.3 Å². The average molecular weight is 792 g/mol. The molecule has 1 atom stereocenters. The van der Waals surface area contributed by atoms with E-state index in [1.54, 1.807) is 0 Å². The molecule has 0 saturated carbocycles. The maximum atomic E-state index is 9.50. The van der Waals surface area contributed by atoms with Gasteiger partial charge in [-0.2, -0.15) is 5.26 Å². The second-order valence-corrected chi connectivity index (χ2v) is 16.1. The first-order chi connectivity index (χ1) is 30.7. The summed E-state index contributed by atoms with van der Waals surface area (Å²) in [6, 6.07) is 75.1. The van der Waals surface area contributed by atoms with Gasteiger partial charge >= 0.3 is 0 Å². The summed E-state index contributed by atoms with van der Waals surface area (Å²) in [5.74, 6) is 2.53. The molecule has 3 aliphatic rings. The molecule has 1 spiro atoms. The number of benzene rings is 9. The molecule has 0 bridgehead atoms. The predicted molar refractivity (Wildman–Crippen MR) is 250 cm³/mol. The lowest BCUT2D eigenvalue weighted by molar-refractivity contribution is 0.436. The molecule has 1 aliphatic carbocycles. The van der Waals surface area contributed by atoms with Gasteiger partial charge in [0.25, 0.3) is 0 Å². The second kappa shape index (κ2) is 14.2. The van der Waals surface area contributed by atoms with Crippen molar-refractivity contribution in [3.8, 4) is 50.9 Å². The molecule has 4 heteroatoms. The number of hydrogen-bond acceptors (Lipinski definition) is 4. The SMILES string of the molecule is N#Cc1ccc(-c2ccc(-c3cccc4c3-c3ccc(C5=NC(c6ccccc6)=CC(c6ccccc6)N5)cc3C43c4ccccc4Oc4ccccc43)c3ccccc23)cc1. The Morgan fingerprint density at radius 1 is 0.484 bits per heavy atom. The number of amidine groups is 1. The molecule has 4 nitrogen and oxygen atoms in total. The fourth-order valence-corrected chi connectivity index (χ4v) is 10.1. The normalized spacial score (nSPS) is 15.2. The number of fused-ring (bicyclic) bond motifs is 10. The third kappa shape index (κ3) is 5.42. The van der Waals surface area contributed by atoms with Gasteiger partial charge in [0, 0.05) is 16.7 Å². The van der Waals surface area contributed by atoms with Crippen LogP contribution in [0.1, 0.15) is 50.5 Å². The largest absolute Gasteiger partial charge is 0.457 e. The van der Waals surface area contributed by atoms with Gasteiger partial charge in [0.1, 0.15) is 17.3 Å². The van der Waals surface area contributed by atoms with E-state index in [4.69, 9.17) is 9.73 Å². The molecule has 1 unspecified atom stereocenters. The van der Waals surface area contributed by atoms with E-state index in [9.17, 15) is 5.26 Å². The van der Waals surface area contributed by atoms with E-state index in [0.717, 1.165) is 67.4 Å². The highest BCUT2D eigenvalue weighted by Gasteiger charge is 2.52. The molecule has 0 aromatic heterocycles. The molecule has 9 aromatic rings. The third-order valence-electron chi connectivity index (χ3n) is 12.9. The van der Waals surface area contributed by atoms with Crippen LogP contribution >= 0.6 is 0 Å². The highest BCUT2D eigenvalue weighted by molar-refractivity contribution is 6.10. The molecule has 2 heterocycles. The predicted octanol–water partition coefficient (Wildman–Crippen LogP) is 13.6. The van der Waals surface area contributed by atoms with E-state index in [1.165, 1.54) is 38.8 Å². The van der Waals surface area contributed by atoms with Crippen molar-refractivity contribution in [1.29, 1.82) is 5.26 Å². The Hall–Kier alpha value is -8.26. The molecule has 62 heavy (non-hydrogen) atoms. The lowest BCUT2D eigenvalue weighted by Crippen LogP contribution is -2.33. The van der Waals surface area contributed by atoms with Crippen molar-refractivity contribution in [2.75, 3.05) is 0 Å². The van der Waals surface area contributed by atoms with Crippen LogP contribution in [-0.2, 0) is 5.41 Å². The highest BCUT2D eigenvalue weighted by Crippen LogP contribution is 2.63. The molecule has 0 fully saturated rings. The Labute approximate surface area is 360 Å². The van der Waals surface area contributed by atoms with Gasteiger partial charge in [-0.15, -0.1) is 0 Å². The Morgan fingerprint density at radius 2 is 1.08 bits per heavy atom. The summed E-state index contributed by atoms with van der Waals surface area (Å²) < 4.78 is 6.75. The van der Waals surface area contributed by atoms with Gasteiger partial charge in [-0.25, -0.2) is 4.99 Å². The smallest absolute Gasteiger partial charge is 0.134 e. The van der Waals surface area contributed by atoms with E-state index in [1.807, 2.05) is 30.3 Å². The molecule has 2 aliphatic heterocycles. The van der Waals surface area contributed by atoms with E-state index >= 15 is 0 Å². The summed E-state index contributed by atoms with van der Waals surface area (Å²) in [5, 5.41) is 15.7. The fourth-order valence-electron chi connectivity index (χ4n) is 10.1. The van der Waals surface area contributed by atoms with E-state index < -0.39 is 5.41 Å². The summed E-state index contributed by atoms with van der Waals surface area (Å²) in [6.45, 7) is 0. The topological polar surface area (TPSA) is 57.4 Å². The number of para-hydroxylation sites is 2. The van der Waals surface area contributed by atoms with Crippen LogP contribution in [0.25, 0.3) is 49.9 Å². The fraction of sp³-hybridized carbons (Fsp3) is 0.0345. The van der Waals surface area contributed by atoms with E-state index in [-0.39, 0.29) is 6.04 Å². The highest BCUT2D eigenvalue weighted by atomic mass is 16.5. The van der Waals surface area contributed by atoms with Crippen LogP contribution in [-0.4, -0.2) is 5.84 Å². The zero-order chi connectivity index (χ0) is 41.2. The van der Waals surface area contributed by atoms with Crippen LogP contribution in [0.5, 0.6) is 11.5 Å². The third-order valence-corrected chi connectivity index (χ3v) is 12.9. The molecular weight excluding hydrogens is 755 g/mol. The van der Waals surface area contributed by atoms with Crippen LogP contribution in [0.2, 0.25) is 0 Å². The maximum absolute atomic E-state index is 9.50. The zero-order valence-electron chi connectivity index (χ0n) is 33.6. The Balaban J connectivity index is 1.11. The number of nitrogens with zero attached hydrogens (tertiary/aromatic N) is 2. The van der Waals surface area contributed by atoms with Gasteiger partial charge in [0.2, 0.25) is 0 Å². The monoisotopic (exact) mass is 791 g/mol. The number of nitriles is 1. The summed E-state index contributed by atoms with van der Waals surface area (Å²) in [4.78, 5) is 5.36. The van der Waals surface area contributed by atoms with Crippen molar-refractivity contribution in [3.05, 3.63) is 257 Å². The quantitative estimate of drug-likeness (QED) is 0.189. The van der Waals surface area contributed by atoms with Gasteiger partial charge in [0.05, 0.1) is 28.8 Å². The number of aliphatic imine (C=N–C) groups is 1. The number of hydrogen-bond donors (Lipinski definition) is 1. The summed E-state index contributed by atoms with van der Waals surface area (Å²) >= 11 is 0. The van der Waals surface area contributed by atoms with Gasteiger partial charge in [-0.05, 0) is 103 Å². The van der Waals surface area contributed by atoms with Gasteiger partial charge in [0.15, 0.2) is 0 Å². The molecule has 9 aromatic carbocycles. The van der Waals surface area contributed by atoms with Gasteiger partial charge in [-0.1, -0.05) is 176 Å². The Kier molecular flexibility index (Phi) is 8.16. The molecule has 0 amide bonds. The minimum absolute atomic E-state index is 0.0741. The minimum Gasteiger partial charge on any atom is -0.457 e. The zero-order valence-corrected chi connectivity index (χ0v) is 33.6.